The highest BCUT2D eigenvalue weighted by atomic mass is 19.4. The van der Waals surface area contributed by atoms with Crippen LogP contribution in [-0.2, 0) is 0 Å². The van der Waals surface area contributed by atoms with Crippen LogP contribution in [0, 0.1) is 23.2 Å². The summed E-state index contributed by atoms with van der Waals surface area (Å²) >= 11 is 0. The number of rotatable bonds is 6. The van der Waals surface area contributed by atoms with Gasteiger partial charge in [-0.25, -0.2) is 0 Å². The second kappa shape index (κ2) is 10.2. The molecule has 0 aliphatic heterocycles. The Morgan fingerprint density at radius 1 is 1.03 bits per heavy atom. The third kappa shape index (κ3) is 5.53. The molecular weight excluding hydrogens is 470 g/mol. The molecule has 35 heavy (non-hydrogen) atoms. The molecule has 0 bridgehead atoms. The Kier molecular flexibility index (Phi) is 8.27. The average molecular weight is 509 g/mol. The smallest absolute Gasteiger partial charge is 0.388 e. The molecule has 2 N–H and O–H groups in total. The maximum Gasteiger partial charge on any atom is 0.426 e. The van der Waals surface area contributed by atoms with E-state index in [1.807, 2.05) is 6.92 Å². The van der Waals surface area contributed by atoms with Crippen LogP contribution < -0.4 is 0 Å². The lowest BCUT2D eigenvalue weighted by molar-refractivity contribution is -0.370. The van der Waals surface area contributed by atoms with Crippen LogP contribution >= 0.6 is 0 Å². The van der Waals surface area contributed by atoms with Crippen LogP contribution in [0.4, 0.5) is 26.3 Å². The highest BCUT2D eigenvalue weighted by Gasteiger charge is 2.69. The predicted molar refractivity (Wildman–Crippen MR) is 123 cm³/mol. The molecule has 200 valence electrons. The van der Waals surface area contributed by atoms with Crippen molar-refractivity contribution in [3.8, 4) is 0 Å². The Labute approximate surface area is 204 Å². The Hall–Kier alpha value is -1.28. The van der Waals surface area contributed by atoms with E-state index in [0.29, 0.717) is 5.92 Å². The quantitative estimate of drug-likeness (QED) is 0.359. The topological polar surface area (TPSA) is 40.5 Å². The summed E-state index contributed by atoms with van der Waals surface area (Å²) in [6.07, 6.45) is -1.89. The van der Waals surface area contributed by atoms with Gasteiger partial charge < -0.3 is 10.2 Å². The van der Waals surface area contributed by atoms with Gasteiger partial charge in [-0.2, -0.15) is 26.3 Å². The molecule has 3 aliphatic carbocycles. The summed E-state index contributed by atoms with van der Waals surface area (Å²) in [5.41, 5.74) is -1.50. The van der Waals surface area contributed by atoms with Crippen molar-refractivity contribution in [1.82, 2.24) is 0 Å². The third-order valence-corrected chi connectivity index (χ3v) is 9.10. The zero-order valence-corrected chi connectivity index (χ0v) is 20.6. The number of halogens is 6. The van der Waals surface area contributed by atoms with E-state index < -0.39 is 30.5 Å². The van der Waals surface area contributed by atoms with E-state index in [0.717, 1.165) is 62.5 Å². The van der Waals surface area contributed by atoms with Crippen molar-refractivity contribution in [2.24, 2.45) is 23.2 Å². The Balaban J connectivity index is 1.68. The molecule has 3 rings (SSSR count). The SMILES string of the molecule is C=C1/C(=C\C=C2/CCC[C@@]3(C)C2CCC3[C@H](C)CCCC(O)(C(F)(F)F)C(F)(F)F)CCC[C@@H]1O. The number of hydrogen-bond acceptors (Lipinski definition) is 2. The highest BCUT2D eigenvalue weighted by Crippen LogP contribution is 2.60. The maximum absolute atomic E-state index is 13.0. The number of fused-ring (bicyclic) bond motifs is 1. The minimum absolute atomic E-state index is 0.0401. The molecule has 0 aromatic rings. The molecular formula is C27H38F6O2. The fourth-order valence-electron chi connectivity index (χ4n) is 6.97. The largest absolute Gasteiger partial charge is 0.426 e. The fraction of sp³-hybridized carbons (Fsp3) is 0.778. The molecule has 0 spiro atoms. The summed E-state index contributed by atoms with van der Waals surface area (Å²) in [5, 5.41) is 19.5. The second-order valence-corrected chi connectivity index (χ2v) is 11.2. The minimum Gasteiger partial charge on any atom is -0.388 e. The predicted octanol–water partition coefficient (Wildman–Crippen LogP) is 7.82. The summed E-state index contributed by atoms with van der Waals surface area (Å²) in [7, 11) is 0. The van der Waals surface area contributed by atoms with Gasteiger partial charge in [-0.05, 0) is 98.5 Å². The summed E-state index contributed by atoms with van der Waals surface area (Å²) in [6, 6.07) is 0. The van der Waals surface area contributed by atoms with E-state index in [1.54, 1.807) is 0 Å². The summed E-state index contributed by atoms with van der Waals surface area (Å²) < 4.78 is 78.0. The Morgan fingerprint density at radius 3 is 2.31 bits per heavy atom. The lowest BCUT2D eigenvalue weighted by Gasteiger charge is -2.44. The zero-order chi connectivity index (χ0) is 26.2. The first-order valence-corrected chi connectivity index (χ1v) is 12.7. The minimum atomic E-state index is -5.75. The number of alkyl halides is 6. The van der Waals surface area contributed by atoms with Crippen LogP contribution in [0.5, 0.6) is 0 Å². The molecule has 2 unspecified atom stereocenters. The first-order chi connectivity index (χ1) is 16.1. The van der Waals surface area contributed by atoms with Gasteiger partial charge in [0.25, 0.3) is 5.60 Å². The second-order valence-electron chi connectivity index (χ2n) is 11.2. The van der Waals surface area contributed by atoms with Crippen molar-refractivity contribution >= 4 is 0 Å². The van der Waals surface area contributed by atoms with Crippen molar-refractivity contribution in [2.45, 2.75) is 109 Å². The average Bonchev–Trinajstić information content (AvgIpc) is 3.10. The molecule has 0 saturated heterocycles. The van der Waals surface area contributed by atoms with Crippen LogP contribution in [-0.4, -0.2) is 34.3 Å². The molecule has 0 aromatic heterocycles. The molecule has 2 nitrogen and oxygen atoms in total. The molecule has 8 heteroatoms. The summed E-state index contributed by atoms with van der Waals surface area (Å²) in [4.78, 5) is 0. The molecule has 3 aliphatic rings. The van der Waals surface area contributed by atoms with Crippen LogP contribution in [0.15, 0.2) is 35.5 Å². The van der Waals surface area contributed by atoms with E-state index in [1.165, 1.54) is 5.57 Å². The summed E-state index contributed by atoms with van der Waals surface area (Å²) in [5.74, 6) is 0.506. The van der Waals surface area contributed by atoms with Gasteiger partial charge in [0.05, 0.1) is 6.10 Å². The number of hydrogen-bond donors (Lipinski definition) is 2. The fourth-order valence-corrected chi connectivity index (χ4v) is 6.97. The maximum atomic E-state index is 13.0. The van der Waals surface area contributed by atoms with Gasteiger partial charge in [-0.1, -0.05) is 44.6 Å². The van der Waals surface area contributed by atoms with Gasteiger partial charge in [0, 0.05) is 0 Å². The molecule has 0 heterocycles. The third-order valence-electron chi connectivity index (χ3n) is 9.10. The van der Waals surface area contributed by atoms with Crippen molar-refractivity contribution in [2.75, 3.05) is 0 Å². The molecule has 5 atom stereocenters. The lowest BCUT2D eigenvalue weighted by Crippen LogP contribution is -2.56. The van der Waals surface area contributed by atoms with Crippen molar-refractivity contribution in [3.63, 3.8) is 0 Å². The number of aliphatic hydroxyl groups excluding tert-OH is 1. The van der Waals surface area contributed by atoms with E-state index in [9.17, 15) is 36.6 Å². The molecule has 3 saturated carbocycles. The van der Waals surface area contributed by atoms with Gasteiger partial charge >= 0.3 is 12.4 Å². The molecule has 0 amide bonds. The van der Waals surface area contributed by atoms with E-state index in [2.05, 4.69) is 25.7 Å². The van der Waals surface area contributed by atoms with Crippen LogP contribution in [0.3, 0.4) is 0 Å². The van der Waals surface area contributed by atoms with Gasteiger partial charge in [0.2, 0.25) is 0 Å². The molecule has 0 radical (unpaired) electrons. The Morgan fingerprint density at radius 2 is 1.69 bits per heavy atom. The van der Waals surface area contributed by atoms with Gasteiger partial charge in [-0.3, -0.25) is 0 Å². The van der Waals surface area contributed by atoms with Gasteiger partial charge in [0.15, 0.2) is 0 Å². The van der Waals surface area contributed by atoms with Crippen LogP contribution in [0.25, 0.3) is 0 Å². The Bertz CT molecular complexity index is 826. The van der Waals surface area contributed by atoms with E-state index in [4.69, 9.17) is 0 Å². The number of aliphatic hydroxyl groups is 2. The highest BCUT2D eigenvalue weighted by molar-refractivity contribution is 5.37. The monoisotopic (exact) mass is 508 g/mol. The normalized spacial score (nSPS) is 33.9. The van der Waals surface area contributed by atoms with Crippen molar-refractivity contribution in [1.29, 1.82) is 0 Å². The van der Waals surface area contributed by atoms with Gasteiger partial charge in [-0.15, -0.1) is 0 Å². The van der Waals surface area contributed by atoms with E-state index in [-0.39, 0.29) is 30.1 Å². The van der Waals surface area contributed by atoms with Crippen molar-refractivity contribution < 1.29 is 36.6 Å². The van der Waals surface area contributed by atoms with Gasteiger partial charge in [0.1, 0.15) is 0 Å². The van der Waals surface area contributed by atoms with Crippen molar-refractivity contribution in [3.05, 3.63) is 35.5 Å². The summed E-state index contributed by atoms with van der Waals surface area (Å²) in [6.45, 7) is 8.17. The lowest BCUT2D eigenvalue weighted by atomic mass is 9.60. The zero-order valence-electron chi connectivity index (χ0n) is 20.6. The first-order valence-electron chi connectivity index (χ1n) is 12.7. The standard InChI is InChI=1S/C27H38F6O2/c1-17(7-5-16-25(35,26(28,29)30)27(31,32)33)21-13-14-22-20(9-6-15-24(21,22)3)12-11-19-8-4-10-23(34)18(19)2/h11-12,17,21-23,34-35H,2,4-10,13-16H2,1,3H3/b19-11-,20-12+/t17-,21?,22?,23+,24-/m1/s1. The van der Waals surface area contributed by atoms with Crippen LogP contribution in [0.1, 0.15) is 84.5 Å². The molecule has 3 fully saturated rings. The van der Waals surface area contributed by atoms with E-state index >= 15 is 0 Å². The first kappa shape index (κ1) is 28.3. The molecule has 0 aromatic carbocycles. The van der Waals surface area contributed by atoms with Crippen LogP contribution in [0.2, 0.25) is 0 Å². The number of allylic oxidation sites excluding steroid dienone is 3.